The van der Waals surface area contributed by atoms with Crippen LogP contribution in [-0.2, 0) is 14.3 Å². The van der Waals surface area contributed by atoms with Gasteiger partial charge in [-0.15, -0.1) is 0 Å². The lowest BCUT2D eigenvalue weighted by Crippen LogP contribution is -2.38. The number of halogens is 2. The number of amides is 2. The molecule has 24 heavy (non-hydrogen) atoms. The summed E-state index contributed by atoms with van der Waals surface area (Å²) in [6.07, 6.45) is 0.796. The molecule has 0 unspecified atom stereocenters. The Morgan fingerprint density at radius 2 is 1.71 bits per heavy atom. The van der Waals surface area contributed by atoms with Gasteiger partial charge in [-0.3, -0.25) is 9.59 Å². The number of nitrogens with one attached hydrogen (secondary N) is 2. The van der Waals surface area contributed by atoms with E-state index >= 15 is 0 Å². The van der Waals surface area contributed by atoms with Gasteiger partial charge >= 0.3 is 5.97 Å². The van der Waals surface area contributed by atoms with Crippen LogP contribution in [0.15, 0.2) is 12.1 Å². The molecule has 0 bridgehead atoms. The molecule has 0 heterocycles. The normalized spacial score (nSPS) is 10.0. The molecule has 0 spiro atoms. The highest BCUT2D eigenvalue weighted by molar-refractivity contribution is 6.37. The largest absolute Gasteiger partial charge is 0.494 e. The van der Waals surface area contributed by atoms with Gasteiger partial charge in [0.2, 0.25) is 5.91 Å². The SMILES string of the molecule is CCCNC(=O)CNC(=O)COC(=O)c1cc(Cl)c(OC)c(Cl)c1. The van der Waals surface area contributed by atoms with Crippen molar-refractivity contribution in [1.82, 2.24) is 10.6 Å². The third-order valence-corrected chi connectivity index (χ3v) is 3.35. The van der Waals surface area contributed by atoms with E-state index in [0.29, 0.717) is 6.54 Å². The molecular formula is C15H18Cl2N2O5. The minimum Gasteiger partial charge on any atom is -0.494 e. The van der Waals surface area contributed by atoms with Crippen molar-refractivity contribution in [3.8, 4) is 5.75 Å². The van der Waals surface area contributed by atoms with Gasteiger partial charge in [-0.2, -0.15) is 0 Å². The van der Waals surface area contributed by atoms with Gasteiger partial charge in [0.1, 0.15) is 0 Å². The number of carbonyl (C=O) groups excluding carboxylic acids is 3. The summed E-state index contributed by atoms with van der Waals surface area (Å²) in [5, 5.41) is 5.23. The molecule has 0 saturated heterocycles. The highest BCUT2D eigenvalue weighted by Gasteiger charge is 2.16. The Labute approximate surface area is 149 Å². The van der Waals surface area contributed by atoms with Crippen LogP contribution in [0.25, 0.3) is 0 Å². The number of benzene rings is 1. The number of hydrogen-bond donors (Lipinski definition) is 2. The second-order valence-electron chi connectivity index (χ2n) is 4.68. The maximum atomic E-state index is 11.9. The average molecular weight is 377 g/mol. The van der Waals surface area contributed by atoms with Crippen LogP contribution in [0.3, 0.4) is 0 Å². The van der Waals surface area contributed by atoms with E-state index in [1.54, 1.807) is 0 Å². The Morgan fingerprint density at radius 3 is 2.25 bits per heavy atom. The maximum absolute atomic E-state index is 11.9. The molecule has 1 aromatic carbocycles. The lowest BCUT2D eigenvalue weighted by atomic mass is 10.2. The molecule has 132 valence electrons. The van der Waals surface area contributed by atoms with Crippen LogP contribution in [-0.4, -0.2) is 44.6 Å². The summed E-state index contributed by atoms with van der Waals surface area (Å²) in [6.45, 7) is 1.73. The Bertz CT molecular complexity index is 599. The molecule has 0 aliphatic carbocycles. The van der Waals surface area contributed by atoms with Crippen LogP contribution in [0.1, 0.15) is 23.7 Å². The highest BCUT2D eigenvalue weighted by atomic mass is 35.5. The molecule has 9 heteroatoms. The molecule has 2 N–H and O–H groups in total. The predicted molar refractivity (Wildman–Crippen MR) is 89.6 cm³/mol. The summed E-state index contributed by atoms with van der Waals surface area (Å²) in [7, 11) is 1.39. The molecular weight excluding hydrogens is 359 g/mol. The first-order chi connectivity index (χ1) is 11.4. The average Bonchev–Trinajstić information content (AvgIpc) is 2.55. The number of rotatable bonds is 8. The van der Waals surface area contributed by atoms with Gasteiger partial charge in [-0.1, -0.05) is 30.1 Å². The van der Waals surface area contributed by atoms with Crippen molar-refractivity contribution < 1.29 is 23.9 Å². The first-order valence-corrected chi connectivity index (χ1v) is 7.88. The minimum absolute atomic E-state index is 0.0827. The molecule has 1 rings (SSSR count). The van der Waals surface area contributed by atoms with E-state index in [1.165, 1.54) is 19.2 Å². The van der Waals surface area contributed by atoms with E-state index in [2.05, 4.69) is 10.6 Å². The van der Waals surface area contributed by atoms with Crippen molar-refractivity contribution in [2.45, 2.75) is 13.3 Å². The quantitative estimate of drug-likeness (QED) is 0.674. The summed E-state index contributed by atoms with van der Waals surface area (Å²) >= 11 is 11.9. The first-order valence-electron chi connectivity index (χ1n) is 7.12. The lowest BCUT2D eigenvalue weighted by Gasteiger charge is -2.09. The summed E-state index contributed by atoms with van der Waals surface area (Å²) in [4.78, 5) is 34.8. The van der Waals surface area contributed by atoms with Crippen LogP contribution in [0, 0.1) is 0 Å². The number of methoxy groups -OCH3 is 1. The monoisotopic (exact) mass is 376 g/mol. The Morgan fingerprint density at radius 1 is 1.08 bits per heavy atom. The summed E-state index contributed by atoms with van der Waals surface area (Å²) in [5.74, 6) is -1.44. The number of carbonyl (C=O) groups is 3. The van der Waals surface area contributed by atoms with Crippen molar-refractivity contribution in [2.75, 3.05) is 26.8 Å². The van der Waals surface area contributed by atoms with Gasteiger partial charge in [0.25, 0.3) is 5.91 Å². The molecule has 0 radical (unpaired) electrons. The highest BCUT2D eigenvalue weighted by Crippen LogP contribution is 2.33. The topological polar surface area (TPSA) is 93.7 Å². The standard InChI is InChI=1S/C15H18Cl2N2O5/c1-3-4-18-12(20)7-19-13(21)8-24-15(22)9-5-10(16)14(23-2)11(17)6-9/h5-6H,3-4,7-8H2,1-2H3,(H,18,20)(H,19,21). The summed E-state index contributed by atoms with van der Waals surface area (Å²) < 4.78 is 9.82. The summed E-state index contributed by atoms with van der Waals surface area (Å²) in [6, 6.07) is 2.65. The first kappa shape index (κ1) is 20.1. The second kappa shape index (κ2) is 10.00. The minimum atomic E-state index is -0.771. The molecule has 0 aliphatic rings. The van der Waals surface area contributed by atoms with Crippen molar-refractivity contribution in [1.29, 1.82) is 0 Å². The molecule has 0 saturated carbocycles. The Kier molecular flexibility index (Phi) is 8.35. The third kappa shape index (κ3) is 6.25. The Balaban J connectivity index is 2.48. The fourth-order valence-electron chi connectivity index (χ4n) is 1.64. The van der Waals surface area contributed by atoms with Gasteiger partial charge < -0.3 is 20.1 Å². The second-order valence-corrected chi connectivity index (χ2v) is 5.49. The van der Waals surface area contributed by atoms with Gasteiger partial charge in [-0.05, 0) is 18.6 Å². The molecule has 0 aliphatic heterocycles. The van der Waals surface area contributed by atoms with E-state index in [0.717, 1.165) is 6.42 Å². The van der Waals surface area contributed by atoms with Crippen LogP contribution in [0.5, 0.6) is 5.75 Å². The molecule has 2 amide bonds. The van der Waals surface area contributed by atoms with Crippen LogP contribution < -0.4 is 15.4 Å². The predicted octanol–water partition coefficient (Wildman–Crippen LogP) is 1.80. The summed E-state index contributed by atoms with van der Waals surface area (Å²) in [5.41, 5.74) is 0.0827. The van der Waals surface area contributed by atoms with Gasteiger partial charge in [0.15, 0.2) is 12.4 Å². The zero-order valence-corrected chi connectivity index (χ0v) is 14.8. The van der Waals surface area contributed by atoms with E-state index in [9.17, 15) is 14.4 Å². The Hall–Kier alpha value is -1.99. The van der Waals surface area contributed by atoms with E-state index < -0.39 is 18.5 Å². The molecule has 0 atom stereocenters. The lowest BCUT2D eigenvalue weighted by molar-refractivity contribution is -0.127. The fourth-order valence-corrected chi connectivity index (χ4v) is 2.29. The van der Waals surface area contributed by atoms with Crippen molar-refractivity contribution >= 4 is 41.0 Å². The molecule has 0 fully saturated rings. The molecule has 0 aromatic heterocycles. The number of esters is 1. The maximum Gasteiger partial charge on any atom is 0.338 e. The van der Waals surface area contributed by atoms with Gasteiger partial charge in [0, 0.05) is 6.54 Å². The van der Waals surface area contributed by atoms with Gasteiger partial charge in [-0.25, -0.2) is 4.79 Å². The molecule has 1 aromatic rings. The smallest absolute Gasteiger partial charge is 0.338 e. The fraction of sp³-hybridized carbons (Fsp3) is 0.400. The number of ether oxygens (including phenoxy) is 2. The zero-order chi connectivity index (χ0) is 18.1. The van der Waals surface area contributed by atoms with Crippen LogP contribution in [0.2, 0.25) is 10.0 Å². The van der Waals surface area contributed by atoms with E-state index in [-0.39, 0.29) is 33.8 Å². The van der Waals surface area contributed by atoms with E-state index in [1.807, 2.05) is 6.92 Å². The van der Waals surface area contributed by atoms with Crippen LogP contribution in [0.4, 0.5) is 0 Å². The third-order valence-electron chi connectivity index (χ3n) is 2.79. The van der Waals surface area contributed by atoms with Crippen molar-refractivity contribution in [2.24, 2.45) is 0 Å². The van der Waals surface area contributed by atoms with Crippen molar-refractivity contribution in [3.63, 3.8) is 0 Å². The number of hydrogen-bond acceptors (Lipinski definition) is 5. The van der Waals surface area contributed by atoms with Gasteiger partial charge in [0.05, 0.1) is 29.3 Å². The van der Waals surface area contributed by atoms with E-state index in [4.69, 9.17) is 32.7 Å². The molecule has 7 nitrogen and oxygen atoms in total. The van der Waals surface area contributed by atoms with Crippen LogP contribution >= 0.6 is 23.2 Å². The van der Waals surface area contributed by atoms with Crippen molar-refractivity contribution in [3.05, 3.63) is 27.7 Å². The zero-order valence-electron chi connectivity index (χ0n) is 13.3.